The summed E-state index contributed by atoms with van der Waals surface area (Å²) < 4.78 is 16.2. The molecule has 12 heteroatoms. The summed E-state index contributed by atoms with van der Waals surface area (Å²) in [5.41, 5.74) is 0.658. The lowest BCUT2D eigenvalue weighted by Gasteiger charge is -2.47. The fourth-order valence-corrected chi connectivity index (χ4v) is 6.28. The van der Waals surface area contributed by atoms with Gasteiger partial charge in [-0.05, 0) is 49.7 Å². The molecule has 0 bridgehead atoms. The lowest BCUT2D eigenvalue weighted by molar-refractivity contribution is -0.384. The highest BCUT2D eigenvalue weighted by atomic mass is 32.2. The molecule has 188 valence electrons. The molecule has 1 saturated heterocycles. The number of ether oxygens (including phenoxy) is 2. The minimum atomic E-state index is -1.88. The van der Waals surface area contributed by atoms with E-state index >= 15 is 0 Å². The third kappa shape index (κ3) is 6.19. The molecule has 2 aliphatic heterocycles. The first-order valence-corrected chi connectivity index (χ1v) is 15.3. The van der Waals surface area contributed by atoms with Gasteiger partial charge in [0, 0.05) is 29.5 Å². The topological polar surface area (TPSA) is 125 Å². The zero-order valence-electron chi connectivity index (χ0n) is 20.2. The molecule has 10 nitrogen and oxygen atoms in total. The van der Waals surface area contributed by atoms with Crippen molar-refractivity contribution in [1.29, 1.82) is 0 Å². The van der Waals surface area contributed by atoms with Gasteiger partial charge in [0.25, 0.3) is 5.69 Å². The summed E-state index contributed by atoms with van der Waals surface area (Å²) in [6, 6.07) is 5.44. The summed E-state index contributed by atoms with van der Waals surface area (Å²) in [5.74, 6) is -1.78. The number of hydrogen-bond acceptors (Lipinski definition) is 9. The predicted molar refractivity (Wildman–Crippen MR) is 131 cm³/mol. The van der Waals surface area contributed by atoms with Gasteiger partial charge in [-0.15, -0.1) is 0 Å². The van der Waals surface area contributed by atoms with Crippen molar-refractivity contribution in [3.05, 3.63) is 62.0 Å². The van der Waals surface area contributed by atoms with Crippen molar-refractivity contribution in [3.8, 4) is 0 Å². The summed E-state index contributed by atoms with van der Waals surface area (Å²) in [6.45, 7) is 7.93. The standard InChI is InChI=1S/C23H28N2O8SSi/c1-14(33-35(3,4)5)20-17-12-18(34-11-10-19(26)31-2)21(24(17)22(20)27)23(28)32-13-15-6-8-16(9-7-15)25(29)30/h6-11,14,17,20H,12-13H2,1-5H3/b11-10-/t14-,17-,20-/m1/s1. The second kappa shape index (κ2) is 10.8. The van der Waals surface area contributed by atoms with Crippen LogP contribution < -0.4 is 0 Å². The highest BCUT2D eigenvalue weighted by molar-refractivity contribution is 8.05. The SMILES string of the molecule is COC(=O)/C=C\SC1=C(C(=O)OCc2ccc([N+](=O)[O-])cc2)N2C(=O)[C@H]([C@@H](C)O[Si](C)(C)C)[C@H]2C1. The molecule has 1 amide bonds. The second-order valence-corrected chi connectivity index (χ2v) is 14.6. The molecule has 0 N–H and O–H groups in total. The van der Waals surface area contributed by atoms with Gasteiger partial charge >= 0.3 is 11.9 Å². The number of amides is 1. The molecule has 1 aromatic rings. The number of carbonyl (C=O) groups is 3. The van der Waals surface area contributed by atoms with Gasteiger partial charge in [-0.3, -0.25) is 14.9 Å². The van der Waals surface area contributed by atoms with E-state index in [1.54, 1.807) is 0 Å². The van der Waals surface area contributed by atoms with Crippen molar-refractivity contribution in [2.75, 3.05) is 7.11 Å². The van der Waals surface area contributed by atoms with Gasteiger partial charge in [-0.25, -0.2) is 9.59 Å². The number of nitro benzene ring substituents is 1. The normalized spacial score (nSPS) is 20.5. The van der Waals surface area contributed by atoms with E-state index in [1.165, 1.54) is 47.8 Å². The number of benzene rings is 1. The minimum Gasteiger partial charge on any atom is -0.466 e. The number of methoxy groups -OCH3 is 1. The molecule has 0 aromatic heterocycles. The van der Waals surface area contributed by atoms with Crippen LogP contribution in [0.3, 0.4) is 0 Å². The monoisotopic (exact) mass is 520 g/mol. The van der Waals surface area contributed by atoms with E-state index in [0.717, 1.165) is 11.8 Å². The lowest BCUT2D eigenvalue weighted by Crippen LogP contribution is -2.63. The van der Waals surface area contributed by atoms with E-state index in [9.17, 15) is 24.5 Å². The van der Waals surface area contributed by atoms with E-state index in [2.05, 4.69) is 24.4 Å². The van der Waals surface area contributed by atoms with Crippen molar-refractivity contribution < 1.29 is 33.2 Å². The third-order valence-electron chi connectivity index (χ3n) is 5.54. The average Bonchev–Trinajstić information content (AvgIpc) is 3.10. The summed E-state index contributed by atoms with van der Waals surface area (Å²) in [6.07, 6.45) is 1.39. The summed E-state index contributed by atoms with van der Waals surface area (Å²) in [5, 5.41) is 12.3. The molecule has 2 heterocycles. The first-order chi connectivity index (χ1) is 16.4. The zero-order valence-corrected chi connectivity index (χ0v) is 22.0. The van der Waals surface area contributed by atoms with Gasteiger partial charge in [0.15, 0.2) is 8.32 Å². The van der Waals surface area contributed by atoms with Crippen LogP contribution in [0, 0.1) is 16.0 Å². The molecular formula is C23H28N2O8SSi. The molecule has 1 fully saturated rings. The van der Waals surface area contributed by atoms with Gasteiger partial charge in [-0.2, -0.15) is 0 Å². The van der Waals surface area contributed by atoms with Crippen LogP contribution in [0.15, 0.2) is 46.4 Å². The van der Waals surface area contributed by atoms with Gasteiger partial charge < -0.3 is 18.8 Å². The lowest BCUT2D eigenvalue weighted by atomic mass is 9.83. The molecular weight excluding hydrogens is 492 g/mol. The number of fused-ring (bicyclic) bond motifs is 1. The van der Waals surface area contributed by atoms with E-state index in [4.69, 9.17) is 9.16 Å². The maximum Gasteiger partial charge on any atom is 0.356 e. The van der Waals surface area contributed by atoms with E-state index < -0.39 is 25.2 Å². The molecule has 0 saturated carbocycles. The van der Waals surface area contributed by atoms with E-state index in [-0.39, 0.29) is 42.0 Å². The Morgan fingerprint density at radius 2 is 1.94 bits per heavy atom. The number of nitro groups is 1. The van der Waals surface area contributed by atoms with Crippen molar-refractivity contribution in [2.45, 2.75) is 51.7 Å². The highest BCUT2D eigenvalue weighted by Crippen LogP contribution is 2.48. The van der Waals surface area contributed by atoms with Crippen molar-refractivity contribution in [1.82, 2.24) is 4.90 Å². The van der Waals surface area contributed by atoms with Crippen LogP contribution in [0.25, 0.3) is 0 Å². The van der Waals surface area contributed by atoms with Gasteiger partial charge in [0.05, 0.1) is 30.1 Å². The largest absolute Gasteiger partial charge is 0.466 e. The Hall–Kier alpha value is -2.96. The second-order valence-electron chi connectivity index (χ2n) is 9.16. The molecule has 2 aliphatic rings. The smallest absolute Gasteiger partial charge is 0.356 e. The maximum absolute atomic E-state index is 13.1. The van der Waals surface area contributed by atoms with Crippen molar-refractivity contribution in [3.63, 3.8) is 0 Å². The van der Waals surface area contributed by atoms with Crippen LogP contribution in [0.5, 0.6) is 0 Å². The number of non-ortho nitro benzene ring substituents is 1. The van der Waals surface area contributed by atoms with Crippen LogP contribution in [0.1, 0.15) is 18.9 Å². The molecule has 3 rings (SSSR count). The van der Waals surface area contributed by atoms with E-state index in [0.29, 0.717) is 16.9 Å². The number of rotatable bonds is 10. The van der Waals surface area contributed by atoms with E-state index in [1.807, 2.05) is 6.92 Å². The Morgan fingerprint density at radius 3 is 2.51 bits per heavy atom. The molecule has 0 spiro atoms. The molecule has 0 radical (unpaired) electrons. The number of β-lactam (4-membered cyclic amide) rings is 1. The Kier molecular flexibility index (Phi) is 8.18. The van der Waals surface area contributed by atoms with Gasteiger partial charge in [0.1, 0.15) is 12.3 Å². The Labute approximate surface area is 208 Å². The van der Waals surface area contributed by atoms with Crippen LogP contribution >= 0.6 is 11.8 Å². The summed E-state index contributed by atoms with van der Waals surface area (Å²) >= 11 is 1.16. The fourth-order valence-electron chi connectivity index (χ4n) is 4.11. The Morgan fingerprint density at radius 1 is 1.29 bits per heavy atom. The maximum atomic E-state index is 13.1. The molecule has 1 aromatic carbocycles. The zero-order chi connectivity index (χ0) is 25.9. The van der Waals surface area contributed by atoms with Crippen molar-refractivity contribution >= 4 is 43.6 Å². The van der Waals surface area contributed by atoms with Crippen molar-refractivity contribution in [2.24, 2.45) is 5.92 Å². The average molecular weight is 521 g/mol. The van der Waals surface area contributed by atoms with Crippen LogP contribution in [-0.4, -0.2) is 55.2 Å². The van der Waals surface area contributed by atoms with Crippen LogP contribution in [-0.2, 0) is 34.9 Å². The first-order valence-electron chi connectivity index (χ1n) is 11.0. The number of thioether (sulfide) groups is 1. The first kappa shape index (κ1) is 26.6. The Bertz CT molecular complexity index is 1080. The molecule has 3 atom stereocenters. The summed E-state index contributed by atoms with van der Waals surface area (Å²) in [4.78, 5) is 50.0. The predicted octanol–water partition coefficient (Wildman–Crippen LogP) is 3.74. The number of esters is 2. The van der Waals surface area contributed by atoms with Gasteiger partial charge in [-0.1, -0.05) is 11.8 Å². The number of hydrogen-bond donors (Lipinski definition) is 0. The fraction of sp³-hybridized carbons (Fsp3) is 0.435. The van der Waals surface area contributed by atoms with Gasteiger partial charge in [0.2, 0.25) is 5.91 Å². The molecule has 0 unspecified atom stereocenters. The molecule has 0 aliphatic carbocycles. The minimum absolute atomic E-state index is 0.0654. The Balaban J connectivity index is 1.77. The summed E-state index contributed by atoms with van der Waals surface area (Å²) in [7, 11) is -0.614. The molecule has 35 heavy (non-hydrogen) atoms. The number of carbonyl (C=O) groups excluding carboxylic acids is 3. The third-order valence-corrected chi connectivity index (χ3v) is 7.54. The van der Waals surface area contributed by atoms with Crippen LogP contribution in [0.4, 0.5) is 5.69 Å². The highest BCUT2D eigenvalue weighted by Gasteiger charge is 2.57. The van der Waals surface area contributed by atoms with Crippen LogP contribution in [0.2, 0.25) is 19.6 Å². The quantitative estimate of drug-likeness (QED) is 0.113. The number of nitrogens with zero attached hydrogens (tertiary/aromatic N) is 2.